The van der Waals surface area contributed by atoms with E-state index < -0.39 is 0 Å². The fourth-order valence-corrected chi connectivity index (χ4v) is 1.75. The number of rotatable bonds is 4. The summed E-state index contributed by atoms with van der Waals surface area (Å²) >= 11 is 4.83. The van der Waals surface area contributed by atoms with Crippen molar-refractivity contribution in [2.24, 2.45) is 5.73 Å². The van der Waals surface area contributed by atoms with Gasteiger partial charge in [-0.3, -0.25) is 14.8 Å². The molecule has 3 N–H and O–H groups in total. The molecule has 0 aromatic carbocycles. The number of aromatic nitrogens is 2. The Hall–Kier alpha value is -2.34. The highest BCUT2D eigenvalue weighted by Crippen LogP contribution is 2.04. The Morgan fingerprint density at radius 3 is 2.75 bits per heavy atom. The Morgan fingerprint density at radius 1 is 1.35 bits per heavy atom. The van der Waals surface area contributed by atoms with Crippen molar-refractivity contribution in [3.8, 4) is 0 Å². The second-order valence-corrected chi connectivity index (χ2v) is 4.69. The fraction of sp³-hybridized carbons (Fsp3) is 0.143. The first-order valence-electron chi connectivity index (χ1n) is 6.02. The molecule has 0 unspecified atom stereocenters. The average molecular weight is 286 g/mol. The topological polar surface area (TPSA) is 80.9 Å². The zero-order valence-electron chi connectivity index (χ0n) is 11.0. The van der Waals surface area contributed by atoms with Crippen molar-refractivity contribution in [2.45, 2.75) is 13.5 Å². The molecule has 0 aliphatic heterocycles. The molecule has 0 saturated carbocycles. The summed E-state index contributed by atoms with van der Waals surface area (Å²) in [5.41, 5.74) is 8.29. The number of carbonyl (C=O) groups is 1. The van der Waals surface area contributed by atoms with Crippen molar-refractivity contribution < 1.29 is 4.79 Å². The predicted molar refractivity (Wildman–Crippen MR) is 80.3 cm³/mol. The van der Waals surface area contributed by atoms with E-state index in [2.05, 4.69) is 15.3 Å². The molecule has 20 heavy (non-hydrogen) atoms. The first-order chi connectivity index (χ1) is 9.58. The fourth-order valence-electron chi connectivity index (χ4n) is 1.63. The SMILES string of the molecule is Cc1cccnc1CNC(=O)c1ccc(C(N)=S)cn1. The third-order valence-electron chi connectivity index (χ3n) is 2.81. The molecule has 1 amide bonds. The number of thiocarbonyl (C=S) groups is 1. The highest BCUT2D eigenvalue weighted by atomic mass is 32.1. The van der Waals surface area contributed by atoms with Crippen LogP contribution in [0, 0.1) is 6.92 Å². The van der Waals surface area contributed by atoms with Crippen LogP contribution in [-0.4, -0.2) is 20.9 Å². The van der Waals surface area contributed by atoms with Gasteiger partial charge in [0.15, 0.2) is 0 Å². The standard InChI is InChI=1S/C14H14N4OS/c1-9-3-2-6-16-12(9)8-18-14(19)11-5-4-10(7-17-11)13(15)20/h2-7H,8H2,1H3,(H2,15,20)(H,18,19). The molecule has 2 heterocycles. The highest BCUT2D eigenvalue weighted by Gasteiger charge is 2.08. The first kappa shape index (κ1) is 14.1. The summed E-state index contributed by atoms with van der Waals surface area (Å²) in [7, 11) is 0. The minimum Gasteiger partial charge on any atom is -0.389 e. The van der Waals surface area contributed by atoms with Crippen LogP contribution >= 0.6 is 12.2 Å². The summed E-state index contributed by atoms with van der Waals surface area (Å²) in [5, 5.41) is 2.78. The maximum Gasteiger partial charge on any atom is 0.270 e. The molecule has 0 fully saturated rings. The summed E-state index contributed by atoms with van der Waals surface area (Å²) < 4.78 is 0. The van der Waals surface area contributed by atoms with Gasteiger partial charge in [-0.25, -0.2) is 0 Å². The molecule has 0 bridgehead atoms. The third-order valence-corrected chi connectivity index (χ3v) is 3.05. The van der Waals surface area contributed by atoms with Gasteiger partial charge < -0.3 is 11.1 Å². The molecule has 0 aliphatic rings. The van der Waals surface area contributed by atoms with Crippen LogP contribution in [0.1, 0.15) is 27.3 Å². The van der Waals surface area contributed by atoms with E-state index in [1.807, 2.05) is 19.1 Å². The van der Waals surface area contributed by atoms with Crippen LogP contribution in [0.5, 0.6) is 0 Å². The van der Waals surface area contributed by atoms with Gasteiger partial charge in [-0.2, -0.15) is 0 Å². The lowest BCUT2D eigenvalue weighted by atomic mass is 10.2. The summed E-state index contributed by atoms with van der Waals surface area (Å²) in [6, 6.07) is 7.08. The Balaban J connectivity index is 2.02. The minimum atomic E-state index is -0.260. The van der Waals surface area contributed by atoms with E-state index in [0.717, 1.165) is 11.3 Å². The van der Waals surface area contributed by atoms with Crippen LogP contribution in [-0.2, 0) is 6.54 Å². The number of aryl methyl sites for hydroxylation is 1. The molecule has 6 heteroatoms. The van der Waals surface area contributed by atoms with E-state index in [9.17, 15) is 4.79 Å². The number of hydrogen-bond acceptors (Lipinski definition) is 4. The number of nitrogens with two attached hydrogens (primary N) is 1. The molecular formula is C14H14N4OS. The van der Waals surface area contributed by atoms with E-state index in [-0.39, 0.29) is 10.9 Å². The quantitative estimate of drug-likeness (QED) is 0.829. The van der Waals surface area contributed by atoms with Gasteiger partial charge in [0.1, 0.15) is 10.7 Å². The summed E-state index contributed by atoms with van der Waals surface area (Å²) in [6.07, 6.45) is 3.19. The molecule has 0 spiro atoms. The van der Waals surface area contributed by atoms with Gasteiger partial charge in [-0.15, -0.1) is 0 Å². The predicted octanol–water partition coefficient (Wildman–Crippen LogP) is 1.35. The summed E-state index contributed by atoms with van der Waals surface area (Å²) in [5.74, 6) is -0.260. The third kappa shape index (κ3) is 3.36. The smallest absolute Gasteiger partial charge is 0.270 e. The van der Waals surface area contributed by atoms with Crippen molar-refractivity contribution in [1.82, 2.24) is 15.3 Å². The van der Waals surface area contributed by atoms with E-state index in [1.54, 1.807) is 18.3 Å². The lowest BCUT2D eigenvalue weighted by molar-refractivity contribution is 0.0945. The van der Waals surface area contributed by atoms with Gasteiger partial charge in [0.2, 0.25) is 0 Å². The molecule has 2 aromatic rings. The van der Waals surface area contributed by atoms with Gasteiger partial charge in [0.25, 0.3) is 5.91 Å². The maximum atomic E-state index is 11.9. The lowest BCUT2D eigenvalue weighted by Crippen LogP contribution is -2.25. The molecule has 0 aliphatic carbocycles. The Bertz CT molecular complexity index is 640. The number of amides is 1. The van der Waals surface area contributed by atoms with Gasteiger partial charge in [-0.1, -0.05) is 18.3 Å². The van der Waals surface area contributed by atoms with Crippen molar-refractivity contribution in [1.29, 1.82) is 0 Å². The zero-order chi connectivity index (χ0) is 14.5. The van der Waals surface area contributed by atoms with Crippen LogP contribution in [0.4, 0.5) is 0 Å². The van der Waals surface area contributed by atoms with Crippen molar-refractivity contribution in [3.63, 3.8) is 0 Å². The van der Waals surface area contributed by atoms with Gasteiger partial charge >= 0.3 is 0 Å². The molecule has 2 aromatic heterocycles. The number of pyridine rings is 2. The van der Waals surface area contributed by atoms with Crippen LogP contribution in [0.25, 0.3) is 0 Å². The van der Waals surface area contributed by atoms with Gasteiger partial charge in [0.05, 0.1) is 12.2 Å². The molecule has 0 radical (unpaired) electrons. The molecule has 0 atom stereocenters. The Kier molecular flexibility index (Phi) is 4.37. The van der Waals surface area contributed by atoms with E-state index in [1.165, 1.54) is 6.20 Å². The second kappa shape index (κ2) is 6.21. The van der Waals surface area contributed by atoms with E-state index >= 15 is 0 Å². The van der Waals surface area contributed by atoms with Crippen molar-refractivity contribution in [2.75, 3.05) is 0 Å². The Morgan fingerprint density at radius 2 is 2.15 bits per heavy atom. The van der Waals surface area contributed by atoms with E-state index in [0.29, 0.717) is 17.8 Å². The van der Waals surface area contributed by atoms with Crippen molar-refractivity contribution in [3.05, 3.63) is 59.2 Å². The number of carbonyl (C=O) groups excluding carboxylic acids is 1. The second-order valence-electron chi connectivity index (χ2n) is 4.25. The van der Waals surface area contributed by atoms with Crippen LogP contribution in [0.15, 0.2) is 36.7 Å². The first-order valence-corrected chi connectivity index (χ1v) is 6.43. The Labute approximate surface area is 122 Å². The van der Waals surface area contributed by atoms with Crippen LogP contribution < -0.4 is 11.1 Å². The number of hydrogen-bond donors (Lipinski definition) is 2. The summed E-state index contributed by atoms with van der Waals surface area (Å²) in [6.45, 7) is 2.31. The lowest BCUT2D eigenvalue weighted by Gasteiger charge is -2.06. The largest absolute Gasteiger partial charge is 0.389 e. The molecule has 5 nitrogen and oxygen atoms in total. The number of nitrogens with one attached hydrogen (secondary N) is 1. The van der Waals surface area contributed by atoms with Crippen LogP contribution in [0.3, 0.4) is 0 Å². The van der Waals surface area contributed by atoms with Gasteiger partial charge in [-0.05, 0) is 30.7 Å². The van der Waals surface area contributed by atoms with E-state index in [4.69, 9.17) is 18.0 Å². The molecule has 2 rings (SSSR count). The molecule has 102 valence electrons. The summed E-state index contributed by atoms with van der Waals surface area (Å²) in [4.78, 5) is 20.4. The average Bonchev–Trinajstić information content (AvgIpc) is 2.46. The minimum absolute atomic E-state index is 0.258. The normalized spacial score (nSPS) is 10.1. The molecular weight excluding hydrogens is 272 g/mol. The van der Waals surface area contributed by atoms with Crippen LogP contribution in [0.2, 0.25) is 0 Å². The van der Waals surface area contributed by atoms with Crippen molar-refractivity contribution >= 4 is 23.1 Å². The molecule has 0 saturated heterocycles. The van der Waals surface area contributed by atoms with Gasteiger partial charge in [0, 0.05) is 18.0 Å². The maximum absolute atomic E-state index is 11.9. The monoisotopic (exact) mass is 286 g/mol. The number of nitrogens with zero attached hydrogens (tertiary/aromatic N) is 2. The zero-order valence-corrected chi connectivity index (χ0v) is 11.8. The highest BCUT2D eigenvalue weighted by molar-refractivity contribution is 7.80.